The van der Waals surface area contributed by atoms with Crippen LogP contribution in [0, 0.1) is 6.92 Å². The van der Waals surface area contributed by atoms with E-state index < -0.39 is 0 Å². The number of hydrogen-bond acceptors (Lipinski definition) is 4. The summed E-state index contributed by atoms with van der Waals surface area (Å²) >= 11 is 1.40. The first-order valence-electron chi connectivity index (χ1n) is 9.19. The monoisotopic (exact) mass is 391 g/mol. The van der Waals surface area contributed by atoms with Gasteiger partial charge in [0.15, 0.2) is 5.13 Å². The van der Waals surface area contributed by atoms with Gasteiger partial charge in [-0.25, -0.2) is 4.98 Å². The third-order valence-electron chi connectivity index (χ3n) is 4.97. The fourth-order valence-electron chi connectivity index (χ4n) is 3.61. The molecule has 1 unspecified atom stereocenters. The van der Waals surface area contributed by atoms with Crippen molar-refractivity contribution in [2.24, 2.45) is 0 Å². The molecule has 1 atom stereocenters. The Bertz CT molecular complexity index is 1060. The highest BCUT2D eigenvalue weighted by Crippen LogP contribution is 2.36. The third-order valence-corrected chi connectivity index (χ3v) is 5.73. The van der Waals surface area contributed by atoms with Gasteiger partial charge in [-0.1, -0.05) is 23.8 Å². The van der Waals surface area contributed by atoms with Gasteiger partial charge in [0.1, 0.15) is 0 Å². The van der Waals surface area contributed by atoms with Gasteiger partial charge in [0, 0.05) is 35.2 Å². The number of nitrogens with zero attached hydrogens (tertiary/aromatic N) is 2. The SMILES string of the molecule is CC(=O)N1c2ccc(-c3csc(NC(=O)c4ccc(C)cc4)n3)cc2CC1C. The molecular weight excluding hydrogens is 370 g/mol. The number of rotatable bonds is 3. The van der Waals surface area contributed by atoms with Crippen LogP contribution in [0.3, 0.4) is 0 Å². The number of anilines is 2. The molecular formula is C22H21N3O2S. The lowest BCUT2D eigenvalue weighted by Gasteiger charge is -2.20. The fraction of sp³-hybridized carbons (Fsp3) is 0.227. The summed E-state index contributed by atoms with van der Waals surface area (Å²) in [6.07, 6.45) is 0.837. The molecule has 142 valence electrons. The average molecular weight is 391 g/mol. The molecule has 1 aliphatic rings. The zero-order chi connectivity index (χ0) is 19.8. The van der Waals surface area contributed by atoms with Crippen LogP contribution in [-0.4, -0.2) is 22.8 Å². The van der Waals surface area contributed by atoms with E-state index in [-0.39, 0.29) is 17.9 Å². The topological polar surface area (TPSA) is 62.3 Å². The average Bonchev–Trinajstić information content (AvgIpc) is 3.24. The van der Waals surface area contributed by atoms with Crippen LogP contribution in [0.1, 0.15) is 35.3 Å². The quantitative estimate of drug-likeness (QED) is 0.706. The Kier molecular flexibility index (Phi) is 4.73. The van der Waals surface area contributed by atoms with E-state index in [0.717, 1.165) is 34.5 Å². The predicted octanol–water partition coefficient (Wildman–Crippen LogP) is 4.67. The number of carbonyl (C=O) groups excluding carboxylic acids is 2. The number of nitrogens with one attached hydrogen (secondary N) is 1. The molecule has 28 heavy (non-hydrogen) atoms. The molecule has 0 bridgehead atoms. The lowest BCUT2D eigenvalue weighted by atomic mass is 10.1. The molecule has 5 nitrogen and oxygen atoms in total. The Labute approximate surface area is 168 Å². The minimum atomic E-state index is -0.166. The van der Waals surface area contributed by atoms with Crippen LogP contribution in [0.5, 0.6) is 0 Å². The predicted molar refractivity (Wildman–Crippen MR) is 113 cm³/mol. The Morgan fingerprint density at radius 1 is 1.18 bits per heavy atom. The molecule has 6 heteroatoms. The number of fused-ring (bicyclic) bond motifs is 1. The van der Waals surface area contributed by atoms with Crippen LogP contribution in [0.25, 0.3) is 11.3 Å². The summed E-state index contributed by atoms with van der Waals surface area (Å²) < 4.78 is 0. The Hall–Kier alpha value is -2.99. The highest BCUT2D eigenvalue weighted by molar-refractivity contribution is 7.14. The van der Waals surface area contributed by atoms with Crippen molar-refractivity contribution in [2.45, 2.75) is 33.2 Å². The van der Waals surface area contributed by atoms with Crippen LogP contribution < -0.4 is 10.2 Å². The van der Waals surface area contributed by atoms with Gasteiger partial charge in [-0.15, -0.1) is 11.3 Å². The minimum absolute atomic E-state index is 0.0637. The van der Waals surface area contributed by atoms with Crippen LogP contribution >= 0.6 is 11.3 Å². The summed E-state index contributed by atoms with van der Waals surface area (Å²) in [5.41, 5.74) is 5.66. The number of thiazole rings is 1. The molecule has 4 rings (SSSR count). The lowest BCUT2D eigenvalue weighted by Crippen LogP contribution is -2.33. The molecule has 0 aliphatic carbocycles. The van der Waals surface area contributed by atoms with E-state index in [1.807, 2.05) is 53.6 Å². The standard InChI is InChI=1S/C22H21N3O2S/c1-13-4-6-16(7-5-13)21(27)24-22-23-19(12-28-22)17-8-9-20-18(11-17)10-14(2)25(20)15(3)26/h4-9,11-12,14H,10H2,1-3H3,(H,23,24,27). The number of amides is 2. The summed E-state index contributed by atoms with van der Waals surface area (Å²) in [6.45, 7) is 5.65. The maximum atomic E-state index is 12.4. The first-order valence-corrected chi connectivity index (χ1v) is 10.1. The van der Waals surface area contributed by atoms with E-state index in [1.165, 1.54) is 11.3 Å². The zero-order valence-electron chi connectivity index (χ0n) is 16.0. The minimum Gasteiger partial charge on any atom is -0.309 e. The van der Waals surface area contributed by atoms with Crippen molar-refractivity contribution in [3.8, 4) is 11.3 Å². The van der Waals surface area contributed by atoms with Gasteiger partial charge in [0.05, 0.1) is 5.69 Å². The van der Waals surface area contributed by atoms with E-state index in [1.54, 1.807) is 6.92 Å². The van der Waals surface area contributed by atoms with Crippen molar-refractivity contribution in [1.29, 1.82) is 0 Å². The molecule has 0 fully saturated rings. The van der Waals surface area contributed by atoms with Gasteiger partial charge in [-0.2, -0.15) is 0 Å². The second kappa shape index (κ2) is 7.20. The first-order chi connectivity index (χ1) is 13.4. The smallest absolute Gasteiger partial charge is 0.257 e. The molecule has 3 aromatic rings. The Morgan fingerprint density at radius 3 is 2.64 bits per heavy atom. The summed E-state index contributed by atoms with van der Waals surface area (Å²) in [5.74, 6) is -0.102. The summed E-state index contributed by atoms with van der Waals surface area (Å²) in [4.78, 5) is 30.7. The number of carbonyl (C=O) groups is 2. The van der Waals surface area contributed by atoms with E-state index in [2.05, 4.69) is 23.3 Å². The molecule has 0 radical (unpaired) electrons. The fourth-order valence-corrected chi connectivity index (χ4v) is 4.32. The van der Waals surface area contributed by atoms with Gasteiger partial charge in [0.25, 0.3) is 5.91 Å². The van der Waals surface area contributed by atoms with Crippen molar-refractivity contribution < 1.29 is 9.59 Å². The highest BCUT2D eigenvalue weighted by atomic mass is 32.1. The largest absolute Gasteiger partial charge is 0.309 e. The van der Waals surface area contributed by atoms with Crippen LogP contribution in [-0.2, 0) is 11.2 Å². The number of aromatic nitrogens is 1. The second-order valence-corrected chi connectivity index (χ2v) is 8.00. The number of benzene rings is 2. The molecule has 1 aliphatic heterocycles. The Morgan fingerprint density at radius 2 is 1.93 bits per heavy atom. The molecule has 0 saturated carbocycles. The second-order valence-electron chi connectivity index (χ2n) is 7.14. The number of aryl methyl sites for hydroxylation is 1. The van der Waals surface area contributed by atoms with Crippen molar-refractivity contribution in [2.75, 3.05) is 10.2 Å². The molecule has 0 saturated heterocycles. The van der Waals surface area contributed by atoms with Crippen molar-refractivity contribution in [3.63, 3.8) is 0 Å². The van der Waals surface area contributed by atoms with Gasteiger partial charge >= 0.3 is 0 Å². The third kappa shape index (κ3) is 3.43. The van der Waals surface area contributed by atoms with E-state index in [0.29, 0.717) is 10.7 Å². The first kappa shape index (κ1) is 18.4. The maximum Gasteiger partial charge on any atom is 0.257 e. The van der Waals surface area contributed by atoms with Crippen molar-refractivity contribution in [3.05, 3.63) is 64.5 Å². The van der Waals surface area contributed by atoms with Crippen molar-refractivity contribution in [1.82, 2.24) is 4.98 Å². The molecule has 1 aromatic heterocycles. The molecule has 2 heterocycles. The molecule has 2 amide bonds. The summed E-state index contributed by atoms with van der Waals surface area (Å²) in [7, 11) is 0. The van der Waals surface area contributed by atoms with E-state index in [9.17, 15) is 9.59 Å². The van der Waals surface area contributed by atoms with Crippen LogP contribution in [0.2, 0.25) is 0 Å². The van der Waals surface area contributed by atoms with Gasteiger partial charge < -0.3 is 4.90 Å². The van der Waals surface area contributed by atoms with E-state index in [4.69, 9.17) is 0 Å². The maximum absolute atomic E-state index is 12.4. The lowest BCUT2D eigenvalue weighted by molar-refractivity contribution is -0.116. The normalized spacial score (nSPS) is 15.4. The molecule has 1 N–H and O–H groups in total. The molecule has 0 spiro atoms. The molecule has 2 aromatic carbocycles. The van der Waals surface area contributed by atoms with E-state index >= 15 is 0 Å². The summed E-state index contributed by atoms with van der Waals surface area (Å²) in [5, 5.41) is 5.37. The highest BCUT2D eigenvalue weighted by Gasteiger charge is 2.29. The van der Waals surface area contributed by atoms with Gasteiger partial charge in [-0.05, 0) is 50.1 Å². The van der Waals surface area contributed by atoms with Gasteiger partial charge in [-0.3, -0.25) is 14.9 Å². The Balaban J connectivity index is 1.54. The zero-order valence-corrected chi connectivity index (χ0v) is 16.8. The number of hydrogen-bond donors (Lipinski definition) is 1. The van der Waals surface area contributed by atoms with Gasteiger partial charge in [0.2, 0.25) is 5.91 Å². The van der Waals surface area contributed by atoms with Crippen LogP contribution in [0.15, 0.2) is 47.8 Å². The van der Waals surface area contributed by atoms with Crippen LogP contribution in [0.4, 0.5) is 10.8 Å². The van der Waals surface area contributed by atoms with Crippen molar-refractivity contribution >= 4 is 34.0 Å². The summed E-state index contributed by atoms with van der Waals surface area (Å²) in [6, 6.07) is 13.7.